The van der Waals surface area contributed by atoms with Crippen molar-refractivity contribution in [1.29, 1.82) is 0 Å². The van der Waals surface area contributed by atoms with Crippen molar-refractivity contribution in [1.82, 2.24) is 14.8 Å². The first-order valence-corrected chi connectivity index (χ1v) is 7.79. The maximum absolute atomic E-state index is 6.46. The molecule has 1 aliphatic rings. The molecular formula is C15H16Cl2N4O. The largest absolute Gasteiger partial charge is 0.378 e. The second-order valence-corrected chi connectivity index (χ2v) is 5.73. The van der Waals surface area contributed by atoms with E-state index in [1.807, 2.05) is 36.2 Å². The monoisotopic (exact) mass is 338 g/mol. The van der Waals surface area contributed by atoms with E-state index in [2.05, 4.69) is 10.2 Å². The molecule has 2 aromatic rings. The van der Waals surface area contributed by atoms with Gasteiger partial charge in [-0.05, 0) is 19.1 Å². The first kappa shape index (κ1) is 15.3. The van der Waals surface area contributed by atoms with Gasteiger partial charge in [0.1, 0.15) is 5.15 Å². The van der Waals surface area contributed by atoms with Crippen molar-refractivity contribution in [2.24, 2.45) is 5.10 Å². The molecule has 0 saturated carbocycles. The summed E-state index contributed by atoms with van der Waals surface area (Å²) in [5.41, 5.74) is 2.36. The standard InChI is InChI=1S/C15H16Cl2N4O/c1-11-12(10-18-20-6-8-22-9-7-20)15(17)21(19-11)14-5-3-2-4-13(14)16/h2-5,10H,6-9H2,1H3/b18-10+. The zero-order valence-corrected chi connectivity index (χ0v) is 13.7. The fourth-order valence-corrected chi connectivity index (χ4v) is 2.78. The van der Waals surface area contributed by atoms with Crippen LogP contribution in [0.2, 0.25) is 10.2 Å². The van der Waals surface area contributed by atoms with Crippen LogP contribution in [0.15, 0.2) is 29.4 Å². The minimum Gasteiger partial charge on any atom is -0.378 e. The van der Waals surface area contributed by atoms with Gasteiger partial charge >= 0.3 is 0 Å². The summed E-state index contributed by atoms with van der Waals surface area (Å²) in [6.07, 6.45) is 1.75. The van der Waals surface area contributed by atoms with Crippen molar-refractivity contribution in [3.8, 4) is 5.69 Å². The summed E-state index contributed by atoms with van der Waals surface area (Å²) in [4.78, 5) is 0. The smallest absolute Gasteiger partial charge is 0.142 e. The Morgan fingerprint density at radius 1 is 1.23 bits per heavy atom. The van der Waals surface area contributed by atoms with Gasteiger partial charge in [0, 0.05) is 0 Å². The molecule has 0 atom stereocenters. The molecule has 116 valence electrons. The lowest BCUT2D eigenvalue weighted by Gasteiger charge is -2.23. The quantitative estimate of drug-likeness (QED) is 0.807. The number of hydrogen-bond acceptors (Lipinski definition) is 4. The van der Waals surface area contributed by atoms with Gasteiger partial charge < -0.3 is 4.74 Å². The predicted molar refractivity (Wildman–Crippen MR) is 88.3 cm³/mol. The Balaban J connectivity index is 1.90. The Bertz CT molecular complexity index is 693. The topological polar surface area (TPSA) is 42.7 Å². The van der Waals surface area contributed by atoms with Gasteiger partial charge in [-0.2, -0.15) is 10.2 Å². The maximum Gasteiger partial charge on any atom is 0.142 e. The summed E-state index contributed by atoms with van der Waals surface area (Å²) in [5.74, 6) is 0. The van der Waals surface area contributed by atoms with Crippen LogP contribution in [0, 0.1) is 6.92 Å². The lowest BCUT2D eigenvalue weighted by Crippen LogP contribution is -2.32. The Morgan fingerprint density at radius 3 is 2.68 bits per heavy atom. The molecule has 0 spiro atoms. The van der Waals surface area contributed by atoms with Crippen molar-refractivity contribution >= 4 is 29.4 Å². The van der Waals surface area contributed by atoms with Gasteiger partial charge in [0.05, 0.1) is 54.5 Å². The number of hydrogen-bond donors (Lipinski definition) is 0. The van der Waals surface area contributed by atoms with Crippen LogP contribution in [0.5, 0.6) is 0 Å². The van der Waals surface area contributed by atoms with E-state index in [1.54, 1.807) is 10.9 Å². The van der Waals surface area contributed by atoms with Gasteiger partial charge in [-0.25, -0.2) is 4.68 Å². The van der Waals surface area contributed by atoms with Crippen LogP contribution in [0.3, 0.4) is 0 Å². The van der Waals surface area contributed by atoms with Crippen molar-refractivity contribution < 1.29 is 4.74 Å². The van der Waals surface area contributed by atoms with E-state index in [4.69, 9.17) is 27.9 Å². The molecule has 22 heavy (non-hydrogen) atoms. The van der Waals surface area contributed by atoms with Gasteiger partial charge in [0.2, 0.25) is 0 Å². The van der Waals surface area contributed by atoms with Gasteiger partial charge in [-0.1, -0.05) is 35.3 Å². The molecule has 1 aromatic heterocycles. The number of morpholine rings is 1. The predicted octanol–water partition coefficient (Wildman–Crippen LogP) is 3.15. The SMILES string of the molecule is Cc1nn(-c2ccccc2Cl)c(Cl)c1/C=N/N1CCOCC1. The summed E-state index contributed by atoms with van der Waals surface area (Å²) in [6.45, 7) is 4.86. The van der Waals surface area contributed by atoms with Crippen LogP contribution in [0.4, 0.5) is 0 Å². The average molecular weight is 339 g/mol. The minimum atomic E-state index is 0.502. The number of aromatic nitrogens is 2. The Morgan fingerprint density at radius 2 is 1.95 bits per heavy atom. The van der Waals surface area contributed by atoms with E-state index < -0.39 is 0 Å². The van der Waals surface area contributed by atoms with Crippen LogP contribution in [0.25, 0.3) is 5.69 Å². The lowest BCUT2D eigenvalue weighted by molar-refractivity contribution is 0.0397. The van der Waals surface area contributed by atoms with Crippen molar-refractivity contribution in [2.75, 3.05) is 26.3 Å². The Hall–Kier alpha value is -1.56. The van der Waals surface area contributed by atoms with Crippen LogP contribution in [-0.4, -0.2) is 47.3 Å². The zero-order chi connectivity index (χ0) is 15.5. The first-order valence-electron chi connectivity index (χ1n) is 7.03. The lowest BCUT2D eigenvalue weighted by atomic mass is 10.3. The summed E-state index contributed by atoms with van der Waals surface area (Å²) in [7, 11) is 0. The van der Waals surface area contributed by atoms with Crippen molar-refractivity contribution in [3.05, 3.63) is 45.7 Å². The fourth-order valence-electron chi connectivity index (χ4n) is 2.25. The molecule has 5 nitrogen and oxygen atoms in total. The highest BCUT2D eigenvalue weighted by Gasteiger charge is 2.15. The summed E-state index contributed by atoms with van der Waals surface area (Å²) >= 11 is 12.7. The van der Waals surface area contributed by atoms with E-state index in [1.165, 1.54) is 0 Å². The van der Waals surface area contributed by atoms with Crippen LogP contribution in [0.1, 0.15) is 11.3 Å². The molecule has 1 saturated heterocycles. The molecule has 0 N–H and O–H groups in total. The molecule has 0 radical (unpaired) electrons. The number of para-hydroxylation sites is 1. The summed E-state index contributed by atoms with van der Waals surface area (Å²) in [5, 5.41) is 12.0. The maximum atomic E-state index is 6.46. The highest BCUT2D eigenvalue weighted by Crippen LogP contribution is 2.26. The van der Waals surface area contributed by atoms with Crippen LogP contribution >= 0.6 is 23.2 Å². The van der Waals surface area contributed by atoms with E-state index in [-0.39, 0.29) is 0 Å². The zero-order valence-electron chi connectivity index (χ0n) is 12.2. The molecule has 0 unspecified atom stereocenters. The third-order valence-electron chi connectivity index (χ3n) is 3.47. The average Bonchev–Trinajstić information content (AvgIpc) is 2.81. The van der Waals surface area contributed by atoms with Gasteiger partial charge in [-0.3, -0.25) is 5.01 Å². The molecule has 3 rings (SSSR count). The highest BCUT2D eigenvalue weighted by atomic mass is 35.5. The highest BCUT2D eigenvalue weighted by molar-refractivity contribution is 6.34. The summed E-state index contributed by atoms with van der Waals surface area (Å²) in [6, 6.07) is 7.46. The number of ether oxygens (including phenoxy) is 1. The third kappa shape index (κ3) is 3.11. The third-order valence-corrected chi connectivity index (χ3v) is 4.15. The van der Waals surface area contributed by atoms with Crippen molar-refractivity contribution in [3.63, 3.8) is 0 Å². The summed E-state index contributed by atoms with van der Waals surface area (Å²) < 4.78 is 6.94. The molecule has 1 fully saturated rings. The Labute approximate surface area is 139 Å². The first-order chi connectivity index (χ1) is 10.7. The second-order valence-electron chi connectivity index (χ2n) is 4.96. The van der Waals surface area contributed by atoms with Gasteiger partial charge in [0.15, 0.2) is 0 Å². The van der Waals surface area contributed by atoms with Crippen molar-refractivity contribution in [2.45, 2.75) is 6.92 Å². The molecule has 1 aliphatic heterocycles. The van der Waals surface area contributed by atoms with Gasteiger partial charge in [-0.15, -0.1) is 0 Å². The molecular weight excluding hydrogens is 323 g/mol. The van der Waals surface area contributed by atoms with E-state index in [0.717, 1.165) is 30.0 Å². The van der Waals surface area contributed by atoms with Crippen LogP contribution in [-0.2, 0) is 4.74 Å². The number of rotatable bonds is 3. The number of aryl methyl sites for hydroxylation is 1. The van der Waals surface area contributed by atoms with E-state index in [0.29, 0.717) is 23.4 Å². The second kappa shape index (κ2) is 6.69. The van der Waals surface area contributed by atoms with E-state index in [9.17, 15) is 0 Å². The van der Waals surface area contributed by atoms with E-state index >= 15 is 0 Å². The van der Waals surface area contributed by atoms with Gasteiger partial charge in [0.25, 0.3) is 0 Å². The molecule has 1 aromatic carbocycles. The molecule has 0 bridgehead atoms. The number of nitrogens with zero attached hydrogens (tertiary/aromatic N) is 4. The molecule has 2 heterocycles. The number of benzene rings is 1. The number of hydrazone groups is 1. The molecule has 0 amide bonds. The van der Waals surface area contributed by atoms with Crippen LogP contribution < -0.4 is 0 Å². The molecule has 0 aliphatic carbocycles. The minimum absolute atomic E-state index is 0.502. The number of halogens is 2. The fraction of sp³-hybridized carbons (Fsp3) is 0.333. The normalized spacial score (nSPS) is 15.7. The molecule has 7 heteroatoms. The Kier molecular flexibility index (Phi) is 4.66.